The fourth-order valence-electron chi connectivity index (χ4n) is 3.19. The van der Waals surface area contributed by atoms with E-state index in [2.05, 4.69) is 9.98 Å². The maximum absolute atomic E-state index is 10.9. The molecule has 0 aliphatic carbocycles. The first-order valence-corrected chi connectivity index (χ1v) is 9.57. The van der Waals surface area contributed by atoms with Gasteiger partial charge < -0.3 is 8.83 Å². The number of imidazole rings is 1. The third-order valence-corrected chi connectivity index (χ3v) is 4.94. The van der Waals surface area contributed by atoms with E-state index >= 15 is 0 Å². The summed E-state index contributed by atoms with van der Waals surface area (Å²) < 4.78 is 13.2. The molecular weight excluding hydrogens is 420 g/mol. The highest BCUT2D eigenvalue weighted by atomic mass is 35.5. The van der Waals surface area contributed by atoms with E-state index in [0.29, 0.717) is 34.4 Å². The van der Waals surface area contributed by atoms with Crippen molar-refractivity contribution in [2.24, 2.45) is 4.99 Å². The average Bonchev–Trinajstić information content (AvgIpc) is 3.51. The predicted octanol–water partition coefficient (Wildman–Crippen LogP) is 6.17. The molecule has 0 saturated heterocycles. The monoisotopic (exact) mass is 432 g/mol. The topological polar surface area (TPSA) is 99.1 Å². The van der Waals surface area contributed by atoms with E-state index in [1.54, 1.807) is 36.7 Å². The molecule has 0 atom stereocenters. The lowest BCUT2D eigenvalue weighted by Crippen LogP contribution is -1.88. The normalized spacial score (nSPS) is 11.5. The number of fused-ring (bicyclic) bond motifs is 1. The fourth-order valence-corrected chi connectivity index (χ4v) is 3.46. The summed E-state index contributed by atoms with van der Waals surface area (Å²) in [5.41, 5.74) is 1.81. The van der Waals surface area contributed by atoms with Crippen molar-refractivity contribution in [1.82, 2.24) is 9.38 Å². The van der Waals surface area contributed by atoms with Gasteiger partial charge >= 0.3 is 0 Å². The number of rotatable bonds is 5. The van der Waals surface area contributed by atoms with Gasteiger partial charge in [-0.3, -0.25) is 14.5 Å². The second kappa shape index (κ2) is 7.58. The third kappa shape index (κ3) is 3.49. The van der Waals surface area contributed by atoms with Crippen molar-refractivity contribution in [3.8, 4) is 22.8 Å². The third-order valence-electron chi connectivity index (χ3n) is 4.63. The molecule has 4 heterocycles. The second-order valence-electron chi connectivity index (χ2n) is 6.57. The van der Waals surface area contributed by atoms with Gasteiger partial charge in [-0.05, 0) is 42.5 Å². The van der Waals surface area contributed by atoms with Crippen LogP contribution in [-0.4, -0.2) is 20.5 Å². The van der Waals surface area contributed by atoms with Crippen LogP contribution in [0.25, 0.3) is 28.4 Å². The quantitative estimate of drug-likeness (QED) is 0.188. The fraction of sp³-hybridized carbons (Fsp3) is 0. The lowest BCUT2D eigenvalue weighted by atomic mass is 10.1. The molecule has 0 N–H and O–H groups in total. The van der Waals surface area contributed by atoms with Gasteiger partial charge in [0.25, 0.3) is 5.69 Å². The first kappa shape index (κ1) is 18.8. The molecule has 152 valence electrons. The number of halogens is 1. The SMILES string of the molecule is O=[N+]([O-])c1ccc(-c2ccc(C=Nc3c(-c4ccco4)nc4ccccn34)o2)c(Cl)c1. The predicted molar refractivity (Wildman–Crippen MR) is 116 cm³/mol. The zero-order valence-corrected chi connectivity index (χ0v) is 16.6. The summed E-state index contributed by atoms with van der Waals surface area (Å²) in [6.07, 6.45) is 5.02. The molecule has 8 nitrogen and oxygen atoms in total. The van der Waals surface area contributed by atoms with Crippen LogP contribution in [0.3, 0.4) is 0 Å². The van der Waals surface area contributed by atoms with Gasteiger partial charge in [0, 0.05) is 23.9 Å². The van der Waals surface area contributed by atoms with Crippen LogP contribution in [0.15, 0.2) is 87.0 Å². The zero-order chi connectivity index (χ0) is 21.4. The summed E-state index contributed by atoms with van der Waals surface area (Å²) >= 11 is 6.20. The van der Waals surface area contributed by atoms with Gasteiger partial charge in [0.2, 0.25) is 0 Å². The van der Waals surface area contributed by atoms with E-state index in [9.17, 15) is 10.1 Å². The van der Waals surface area contributed by atoms with E-state index in [-0.39, 0.29) is 10.7 Å². The van der Waals surface area contributed by atoms with Crippen LogP contribution in [0.1, 0.15) is 5.76 Å². The molecule has 0 unspecified atom stereocenters. The Morgan fingerprint density at radius 3 is 2.77 bits per heavy atom. The Bertz CT molecular complexity index is 1430. The number of hydrogen-bond donors (Lipinski definition) is 0. The molecule has 0 fully saturated rings. The number of nitro groups is 1. The van der Waals surface area contributed by atoms with Crippen LogP contribution in [0.5, 0.6) is 0 Å². The van der Waals surface area contributed by atoms with Crippen molar-refractivity contribution < 1.29 is 13.8 Å². The van der Waals surface area contributed by atoms with E-state index in [4.69, 9.17) is 20.4 Å². The number of benzene rings is 1. The number of aromatic nitrogens is 2. The average molecular weight is 433 g/mol. The molecule has 0 aliphatic rings. The van der Waals surface area contributed by atoms with E-state index in [1.807, 2.05) is 34.9 Å². The van der Waals surface area contributed by atoms with Crippen LogP contribution in [0.2, 0.25) is 5.02 Å². The van der Waals surface area contributed by atoms with E-state index < -0.39 is 4.92 Å². The van der Waals surface area contributed by atoms with E-state index in [1.165, 1.54) is 12.1 Å². The summed E-state index contributed by atoms with van der Waals surface area (Å²) in [7, 11) is 0. The van der Waals surface area contributed by atoms with Crippen LogP contribution in [-0.2, 0) is 0 Å². The minimum absolute atomic E-state index is 0.0832. The summed E-state index contributed by atoms with van der Waals surface area (Å²) in [6.45, 7) is 0. The molecule has 0 spiro atoms. The molecule has 31 heavy (non-hydrogen) atoms. The minimum atomic E-state index is -0.498. The molecule has 5 aromatic rings. The second-order valence-corrected chi connectivity index (χ2v) is 6.98. The molecule has 9 heteroatoms. The number of pyridine rings is 1. The largest absolute Gasteiger partial charge is 0.463 e. The van der Waals surface area contributed by atoms with Crippen molar-refractivity contribution in [3.63, 3.8) is 0 Å². The molecule has 4 aromatic heterocycles. The summed E-state index contributed by atoms with van der Waals surface area (Å²) in [6, 6.07) is 17.0. The maximum atomic E-state index is 10.9. The first-order chi connectivity index (χ1) is 15.1. The zero-order valence-electron chi connectivity index (χ0n) is 15.8. The lowest BCUT2D eigenvalue weighted by Gasteiger charge is -2.00. The van der Waals surface area contributed by atoms with Crippen LogP contribution >= 0.6 is 11.6 Å². The van der Waals surface area contributed by atoms with Crippen molar-refractivity contribution in [2.75, 3.05) is 0 Å². The van der Waals surface area contributed by atoms with Gasteiger partial charge in [-0.25, -0.2) is 9.98 Å². The minimum Gasteiger partial charge on any atom is -0.463 e. The Kier molecular flexibility index (Phi) is 4.61. The Morgan fingerprint density at radius 2 is 2.00 bits per heavy atom. The Hall–Kier alpha value is -4.17. The smallest absolute Gasteiger partial charge is 0.270 e. The molecule has 1 aromatic carbocycles. The van der Waals surface area contributed by atoms with Crippen molar-refractivity contribution >= 4 is 35.0 Å². The maximum Gasteiger partial charge on any atom is 0.270 e. The molecular formula is C22H13ClN4O4. The van der Waals surface area contributed by atoms with Gasteiger partial charge in [-0.15, -0.1) is 0 Å². The summed E-state index contributed by atoms with van der Waals surface area (Å²) in [4.78, 5) is 19.6. The van der Waals surface area contributed by atoms with Gasteiger partial charge in [-0.1, -0.05) is 17.7 Å². The van der Waals surface area contributed by atoms with Gasteiger partial charge in [0.05, 0.1) is 22.4 Å². The van der Waals surface area contributed by atoms with Gasteiger partial charge in [0.15, 0.2) is 17.3 Å². The Morgan fingerprint density at radius 1 is 1.10 bits per heavy atom. The number of nitro benzene ring substituents is 1. The number of furan rings is 2. The number of non-ortho nitro benzene ring substituents is 1. The highest BCUT2D eigenvalue weighted by molar-refractivity contribution is 6.33. The first-order valence-electron chi connectivity index (χ1n) is 9.19. The summed E-state index contributed by atoms with van der Waals surface area (Å²) in [5, 5.41) is 11.1. The molecule has 0 radical (unpaired) electrons. The van der Waals surface area contributed by atoms with Gasteiger partial charge in [0.1, 0.15) is 17.2 Å². The molecule has 0 saturated carbocycles. The number of nitrogens with zero attached hydrogens (tertiary/aromatic N) is 4. The van der Waals surface area contributed by atoms with Crippen LogP contribution in [0.4, 0.5) is 11.5 Å². The van der Waals surface area contributed by atoms with E-state index in [0.717, 1.165) is 5.65 Å². The number of hydrogen-bond acceptors (Lipinski definition) is 6. The van der Waals surface area contributed by atoms with Gasteiger partial charge in [-0.2, -0.15) is 0 Å². The lowest BCUT2D eigenvalue weighted by molar-refractivity contribution is -0.384. The highest BCUT2D eigenvalue weighted by Crippen LogP contribution is 2.33. The van der Waals surface area contributed by atoms with Crippen molar-refractivity contribution in [2.45, 2.75) is 0 Å². The van der Waals surface area contributed by atoms with Crippen LogP contribution < -0.4 is 0 Å². The molecule has 0 bridgehead atoms. The molecule has 0 aliphatic heterocycles. The van der Waals surface area contributed by atoms with Crippen molar-refractivity contribution in [3.05, 3.63) is 94.0 Å². The standard InChI is InChI=1S/C22H13ClN4O4/c23-17-12-14(27(28)29)6-8-16(17)18-9-7-15(31-18)13-24-22-21(19-4-3-11-30-19)25-20-5-1-2-10-26(20)22/h1-13H. The molecule has 0 amide bonds. The van der Waals surface area contributed by atoms with Crippen LogP contribution in [0, 0.1) is 10.1 Å². The van der Waals surface area contributed by atoms with Crippen molar-refractivity contribution in [1.29, 1.82) is 0 Å². The highest BCUT2D eigenvalue weighted by Gasteiger charge is 2.16. The molecule has 5 rings (SSSR count). The summed E-state index contributed by atoms with van der Waals surface area (Å²) in [5.74, 6) is 2.16. The Labute approximate surface area is 180 Å². The number of aliphatic imine (C=N–C) groups is 1. The Balaban J connectivity index is 1.50.